The normalized spacial score (nSPS) is 16.4. The molecule has 4 rings (SSSR count). The molecule has 154 valence electrons. The highest BCUT2D eigenvalue weighted by Gasteiger charge is 2.30. The highest BCUT2D eigenvalue weighted by atomic mass is 16.5. The number of hydrogen-bond acceptors (Lipinski definition) is 6. The van der Waals surface area contributed by atoms with Crippen LogP contribution < -0.4 is 20.9 Å². The summed E-state index contributed by atoms with van der Waals surface area (Å²) in [6.07, 6.45) is 0.462. The number of anilines is 1. The Morgan fingerprint density at radius 3 is 2.73 bits per heavy atom. The Balaban J connectivity index is 1.76. The largest absolute Gasteiger partial charge is 0.496 e. The molecule has 1 saturated heterocycles. The van der Waals surface area contributed by atoms with Gasteiger partial charge in [-0.3, -0.25) is 24.3 Å². The Kier molecular flexibility index (Phi) is 5.22. The molecule has 2 aromatic carbocycles. The molecule has 1 aliphatic heterocycles. The highest BCUT2D eigenvalue weighted by molar-refractivity contribution is 5.99. The van der Waals surface area contributed by atoms with Gasteiger partial charge in [0.15, 0.2) is 0 Å². The monoisotopic (exact) mass is 406 g/mol. The number of hydrogen-bond donors (Lipinski definition) is 2. The van der Waals surface area contributed by atoms with Gasteiger partial charge in [0, 0.05) is 24.2 Å². The van der Waals surface area contributed by atoms with Crippen LogP contribution in [0.4, 0.5) is 5.69 Å². The summed E-state index contributed by atoms with van der Waals surface area (Å²) in [5, 5.41) is 6.01. The standard InChI is InChI=1S/C22H22N4O4/c1-13-24-16-8-5-7-15(23-12-14-6-3-4-9-18(14)30-2)20(16)22(29)26(13)17-10-11-19(27)25-21(17)28/h3-9,17,23H,10-12H2,1-2H3,(H,25,27,28). The van der Waals surface area contributed by atoms with Crippen molar-refractivity contribution < 1.29 is 14.3 Å². The molecular formula is C22H22N4O4. The zero-order valence-corrected chi connectivity index (χ0v) is 16.8. The molecule has 0 bridgehead atoms. The van der Waals surface area contributed by atoms with E-state index in [1.165, 1.54) is 4.57 Å². The lowest BCUT2D eigenvalue weighted by atomic mass is 10.1. The number of fused-ring (bicyclic) bond motifs is 1. The molecule has 2 N–H and O–H groups in total. The van der Waals surface area contributed by atoms with E-state index >= 15 is 0 Å². The zero-order chi connectivity index (χ0) is 21.3. The van der Waals surface area contributed by atoms with Crippen LogP contribution in [-0.2, 0) is 16.1 Å². The fourth-order valence-corrected chi connectivity index (χ4v) is 3.84. The number of carbonyl (C=O) groups is 2. The molecule has 8 heteroatoms. The third-order valence-electron chi connectivity index (χ3n) is 5.29. The maximum Gasteiger partial charge on any atom is 0.264 e. The molecule has 30 heavy (non-hydrogen) atoms. The predicted molar refractivity (Wildman–Crippen MR) is 112 cm³/mol. The minimum Gasteiger partial charge on any atom is -0.496 e. The molecule has 1 aromatic heterocycles. The fourth-order valence-electron chi connectivity index (χ4n) is 3.84. The molecule has 0 spiro atoms. The number of amides is 2. The molecule has 0 radical (unpaired) electrons. The maximum absolute atomic E-state index is 13.4. The van der Waals surface area contributed by atoms with Crippen molar-refractivity contribution in [3.05, 3.63) is 64.2 Å². The molecule has 0 saturated carbocycles. The van der Waals surface area contributed by atoms with Crippen LogP contribution in [0, 0.1) is 6.92 Å². The second kappa shape index (κ2) is 7.98. The van der Waals surface area contributed by atoms with E-state index in [2.05, 4.69) is 15.6 Å². The van der Waals surface area contributed by atoms with E-state index in [9.17, 15) is 14.4 Å². The Bertz CT molecular complexity index is 1200. The molecule has 1 unspecified atom stereocenters. The summed E-state index contributed by atoms with van der Waals surface area (Å²) in [4.78, 5) is 41.8. The smallest absolute Gasteiger partial charge is 0.264 e. The number of ether oxygens (including phenoxy) is 1. The van der Waals surface area contributed by atoms with E-state index in [4.69, 9.17) is 4.74 Å². The van der Waals surface area contributed by atoms with E-state index in [0.29, 0.717) is 29.0 Å². The number of benzene rings is 2. The number of imide groups is 1. The Hall–Kier alpha value is -3.68. The van der Waals surface area contributed by atoms with Crippen molar-refractivity contribution in [3.63, 3.8) is 0 Å². The average molecular weight is 406 g/mol. The van der Waals surface area contributed by atoms with Gasteiger partial charge in [0.1, 0.15) is 17.6 Å². The lowest BCUT2D eigenvalue weighted by molar-refractivity contribution is -0.135. The predicted octanol–water partition coefficient (Wildman–Crippen LogP) is 2.30. The molecule has 3 aromatic rings. The molecule has 1 atom stereocenters. The van der Waals surface area contributed by atoms with E-state index in [1.807, 2.05) is 36.4 Å². The van der Waals surface area contributed by atoms with Crippen LogP contribution in [0.1, 0.15) is 30.3 Å². The van der Waals surface area contributed by atoms with Crippen molar-refractivity contribution in [1.29, 1.82) is 0 Å². The Morgan fingerprint density at radius 2 is 1.97 bits per heavy atom. The number of para-hydroxylation sites is 1. The number of piperidine rings is 1. The molecule has 0 aliphatic carbocycles. The Labute approximate surface area is 172 Å². The van der Waals surface area contributed by atoms with E-state index in [1.54, 1.807) is 20.1 Å². The van der Waals surface area contributed by atoms with Crippen molar-refractivity contribution in [2.45, 2.75) is 32.4 Å². The Morgan fingerprint density at radius 1 is 1.17 bits per heavy atom. The van der Waals surface area contributed by atoms with Gasteiger partial charge in [0.2, 0.25) is 11.8 Å². The van der Waals surface area contributed by atoms with Crippen LogP contribution in [0.25, 0.3) is 10.9 Å². The van der Waals surface area contributed by atoms with Gasteiger partial charge >= 0.3 is 0 Å². The topological polar surface area (TPSA) is 102 Å². The first-order valence-electron chi connectivity index (χ1n) is 9.71. The molecular weight excluding hydrogens is 384 g/mol. The van der Waals surface area contributed by atoms with Gasteiger partial charge in [-0.05, 0) is 31.5 Å². The number of methoxy groups -OCH3 is 1. The summed E-state index contributed by atoms with van der Waals surface area (Å²) in [6.45, 7) is 2.15. The van der Waals surface area contributed by atoms with Gasteiger partial charge in [-0.15, -0.1) is 0 Å². The van der Waals surface area contributed by atoms with Crippen LogP contribution in [0.2, 0.25) is 0 Å². The number of carbonyl (C=O) groups excluding carboxylic acids is 2. The molecule has 1 fully saturated rings. The zero-order valence-electron chi connectivity index (χ0n) is 16.8. The molecule has 8 nitrogen and oxygen atoms in total. The molecule has 2 heterocycles. The highest BCUT2D eigenvalue weighted by Crippen LogP contribution is 2.25. The first-order valence-corrected chi connectivity index (χ1v) is 9.71. The van der Waals surface area contributed by atoms with Crippen LogP contribution in [0.3, 0.4) is 0 Å². The second-order valence-electron chi connectivity index (χ2n) is 7.17. The van der Waals surface area contributed by atoms with Gasteiger partial charge in [-0.25, -0.2) is 4.98 Å². The first-order chi connectivity index (χ1) is 14.5. The fraction of sp³-hybridized carbons (Fsp3) is 0.273. The first kappa shape index (κ1) is 19.6. The van der Waals surface area contributed by atoms with E-state index < -0.39 is 11.9 Å². The third kappa shape index (κ3) is 3.52. The summed E-state index contributed by atoms with van der Waals surface area (Å²) < 4.78 is 6.78. The number of nitrogens with one attached hydrogen (secondary N) is 2. The average Bonchev–Trinajstić information content (AvgIpc) is 2.73. The number of aryl methyl sites for hydroxylation is 1. The van der Waals surface area contributed by atoms with E-state index in [0.717, 1.165) is 11.3 Å². The minimum absolute atomic E-state index is 0.189. The number of rotatable bonds is 5. The minimum atomic E-state index is -0.755. The SMILES string of the molecule is COc1ccccc1CNc1cccc2nc(C)n(C3CCC(=O)NC3=O)c(=O)c12. The molecule has 1 aliphatic rings. The number of nitrogens with zero attached hydrogens (tertiary/aromatic N) is 2. The summed E-state index contributed by atoms with van der Waals surface area (Å²) in [6, 6.07) is 12.3. The van der Waals surface area contributed by atoms with Crippen molar-refractivity contribution >= 4 is 28.4 Å². The van der Waals surface area contributed by atoms with Crippen molar-refractivity contribution in [2.75, 3.05) is 12.4 Å². The van der Waals surface area contributed by atoms with Crippen LogP contribution in [0.5, 0.6) is 5.75 Å². The molecule has 2 amide bonds. The lowest BCUT2D eigenvalue weighted by Crippen LogP contribution is -2.45. The van der Waals surface area contributed by atoms with Crippen molar-refractivity contribution in [2.24, 2.45) is 0 Å². The maximum atomic E-state index is 13.4. The van der Waals surface area contributed by atoms with Gasteiger partial charge in [-0.1, -0.05) is 24.3 Å². The van der Waals surface area contributed by atoms with Gasteiger partial charge in [-0.2, -0.15) is 0 Å². The van der Waals surface area contributed by atoms with Crippen molar-refractivity contribution in [1.82, 2.24) is 14.9 Å². The summed E-state index contributed by atoms with van der Waals surface area (Å²) in [7, 11) is 1.61. The summed E-state index contributed by atoms with van der Waals surface area (Å²) >= 11 is 0. The second-order valence-corrected chi connectivity index (χ2v) is 7.17. The quantitative estimate of drug-likeness (QED) is 0.631. The van der Waals surface area contributed by atoms with Crippen LogP contribution >= 0.6 is 0 Å². The van der Waals surface area contributed by atoms with Gasteiger partial charge in [0.25, 0.3) is 5.56 Å². The van der Waals surface area contributed by atoms with Crippen molar-refractivity contribution in [3.8, 4) is 5.75 Å². The van der Waals surface area contributed by atoms with E-state index in [-0.39, 0.29) is 24.3 Å². The summed E-state index contributed by atoms with van der Waals surface area (Å²) in [5.74, 6) is 0.385. The third-order valence-corrected chi connectivity index (χ3v) is 5.29. The number of aromatic nitrogens is 2. The van der Waals surface area contributed by atoms with Gasteiger partial charge < -0.3 is 10.1 Å². The van der Waals surface area contributed by atoms with Crippen LogP contribution in [-0.4, -0.2) is 28.5 Å². The van der Waals surface area contributed by atoms with Crippen LogP contribution in [0.15, 0.2) is 47.3 Å². The summed E-state index contributed by atoms with van der Waals surface area (Å²) in [5.41, 5.74) is 1.81. The lowest BCUT2D eigenvalue weighted by Gasteiger charge is -2.24. The van der Waals surface area contributed by atoms with Gasteiger partial charge in [0.05, 0.1) is 18.0 Å².